The van der Waals surface area contributed by atoms with Gasteiger partial charge in [-0.3, -0.25) is 9.88 Å². The highest BCUT2D eigenvalue weighted by Gasteiger charge is 2.56. The van der Waals surface area contributed by atoms with E-state index in [0.29, 0.717) is 22.4 Å². The number of hydrogen-bond donors (Lipinski definition) is 0. The average Bonchev–Trinajstić information content (AvgIpc) is 3.41. The average molecular weight is 481 g/mol. The second-order valence-corrected chi connectivity index (χ2v) is 9.48. The summed E-state index contributed by atoms with van der Waals surface area (Å²) in [5.74, 6) is -3.62. The van der Waals surface area contributed by atoms with Crippen LogP contribution < -0.4 is 4.90 Å². The second-order valence-electron chi connectivity index (χ2n) is 9.48. The SMILES string of the molecule is CCCCc1cnc(N2C[C@]3(CCC(F)(F)[C@@H](Cn4cnc5ccc(C#N)cc54)C3)OC2=O)cn1. The van der Waals surface area contributed by atoms with Crippen molar-refractivity contribution in [3.63, 3.8) is 0 Å². The molecule has 8 nitrogen and oxygen atoms in total. The summed E-state index contributed by atoms with van der Waals surface area (Å²) in [5.41, 5.74) is 1.54. The molecular formula is C25H26F2N6O2. The molecule has 2 aliphatic rings. The Morgan fingerprint density at radius 3 is 2.83 bits per heavy atom. The van der Waals surface area contributed by atoms with Crippen LogP contribution in [-0.4, -0.2) is 43.7 Å². The number of halogens is 2. The van der Waals surface area contributed by atoms with E-state index in [1.54, 1.807) is 35.2 Å². The molecule has 5 rings (SSSR count). The van der Waals surface area contributed by atoms with E-state index in [-0.39, 0.29) is 32.4 Å². The van der Waals surface area contributed by atoms with E-state index in [1.807, 2.05) is 0 Å². The van der Waals surface area contributed by atoms with Crippen LogP contribution in [0.15, 0.2) is 36.9 Å². The van der Waals surface area contributed by atoms with Gasteiger partial charge in [0.1, 0.15) is 5.60 Å². The van der Waals surface area contributed by atoms with Crippen LogP contribution in [0.4, 0.5) is 19.4 Å². The highest BCUT2D eigenvalue weighted by Crippen LogP contribution is 2.48. The zero-order chi connectivity index (χ0) is 24.6. The Hall–Kier alpha value is -3.61. The van der Waals surface area contributed by atoms with E-state index in [0.717, 1.165) is 25.0 Å². The van der Waals surface area contributed by atoms with E-state index >= 15 is 8.78 Å². The van der Waals surface area contributed by atoms with Gasteiger partial charge >= 0.3 is 6.09 Å². The maximum absolute atomic E-state index is 15.0. The van der Waals surface area contributed by atoms with Crippen molar-refractivity contribution in [2.45, 2.75) is 63.5 Å². The first-order valence-corrected chi connectivity index (χ1v) is 11.9. The molecule has 0 unspecified atom stereocenters. The van der Waals surface area contributed by atoms with Crippen molar-refractivity contribution < 1.29 is 18.3 Å². The highest BCUT2D eigenvalue weighted by atomic mass is 19.3. The van der Waals surface area contributed by atoms with E-state index in [2.05, 4.69) is 27.9 Å². The number of anilines is 1. The third-order valence-corrected chi connectivity index (χ3v) is 7.02. The van der Waals surface area contributed by atoms with Crippen LogP contribution in [0, 0.1) is 17.2 Å². The number of aromatic nitrogens is 4. The van der Waals surface area contributed by atoms with E-state index in [4.69, 9.17) is 4.74 Å². The van der Waals surface area contributed by atoms with Crippen molar-refractivity contribution >= 4 is 22.9 Å². The van der Waals surface area contributed by atoms with Gasteiger partial charge in [-0.2, -0.15) is 5.26 Å². The lowest BCUT2D eigenvalue weighted by Crippen LogP contribution is -2.48. The van der Waals surface area contributed by atoms with Crippen molar-refractivity contribution in [2.24, 2.45) is 5.92 Å². The van der Waals surface area contributed by atoms with Crippen LogP contribution >= 0.6 is 0 Å². The number of carbonyl (C=O) groups is 1. The molecule has 1 aliphatic carbocycles. The zero-order valence-corrected chi connectivity index (χ0v) is 19.5. The first-order chi connectivity index (χ1) is 16.8. The van der Waals surface area contributed by atoms with Gasteiger partial charge in [0.2, 0.25) is 0 Å². The second kappa shape index (κ2) is 8.87. The first kappa shape index (κ1) is 23.1. The number of fused-ring (bicyclic) bond motifs is 1. The fraction of sp³-hybridized carbons (Fsp3) is 0.480. The molecule has 0 bridgehead atoms. The quantitative estimate of drug-likeness (QED) is 0.499. The van der Waals surface area contributed by atoms with E-state index in [9.17, 15) is 10.1 Å². The number of rotatable bonds is 6. The lowest BCUT2D eigenvalue weighted by Gasteiger charge is -2.40. The molecule has 1 saturated carbocycles. The molecule has 2 aromatic heterocycles. The number of carbonyl (C=O) groups excluding carboxylic acids is 1. The van der Waals surface area contributed by atoms with Gasteiger partial charge < -0.3 is 9.30 Å². The summed E-state index contributed by atoms with van der Waals surface area (Å²) in [5, 5.41) is 9.20. The Balaban J connectivity index is 1.35. The largest absolute Gasteiger partial charge is 0.441 e. The van der Waals surface area contributed by atoms with Crippen LogP contribution in [0.1, 0.15) is 50.3 Å². The van der Waals surface area contributed by atoms with Crippen molar-refractivity contribution in [3.05, 3.63) is 48.2 Å². The number of hydrogen-bond acceptors (Lipinski definition) is 6. The summed E-state index contributed by atoms with van der Waals surface area (Å²) >= 11 is 0. The molecule has 1 amide bonds. The standard InChI is InChI=1S/C25H26F2N6O2/c1-2-3-4-19-12-30-22(13-29-19)33-15-24(35-23(33)34)7-8-25(26,27)18(10-24)14-32-16-31-20-6-5-17(11-28)9-21(20)32/h5-6,9,12-13,16,18H,2-4,7-8,10,14-15H2,1H3/t18-,24-/m1/s1. The predicted molar refractivity (Wildman–Crippen MR) is 124 cm³/mol. The van der Waals surface area contributed by atoms with Gasteiger partial charge in [0.25, 0.3) is 5.92 Å². The van der Waals surface area contributed by atoms with Crippen LogP contribution in [0.5, 0.6) is 0 Å². The molecule has 182 valence electrons. The summed E-state index contributed by atoms with van der Waals surface area (Å²) in [4.78, 5) is 27.2. The van der Waals surface area contributed by atoms with Crippen LogP contribution in [0.3, 0.4) is 0 Å². The monoisotopic (exact) mass is 480 g/mol. The molecule has 1 saturated heterocycles. The number of ether oxygens (including phenoxy) is 1. The molecule has 2 atom stereocenters. The molecule has 2 fully saturated rings. The number of amides is 1. The summed E-state index contributed by atoms with van der Waals surface area (Å²) in [7, 11) is 0. The van der Waals surface area contributed by atoms with Gasteiger partial charge in [0.05, 0.1) is 53.6 Å². The summed E-state index contributed by atoms with van der Waals surface area (Å²) in [6.07, 6.45) is 6.71. The maximum Gasteiger partial charge on any atom is 0.416 e. The van der Waals surface area contributed by atoms with Crippen molar-refractivity contribution in [3.8, 4) is 6.07 Å². The third-order valence-electron chi connectivity index (χ3n) is 7.02. The molecular weight excluding hydrogens is 454 g/mol. The molecule has 35 heavy (non-hydrogen) atoms. The minimum Gasteiger partial charge on any atom is -0.441 e. The van der Waals surface area contributed by atoms with Gasteiger partial charge in [-0.05, 0) is 43.9 Å². The van der Waals surface area contributed by atoms with E-state index in [1.165, 1.54) is 11.2 Å². The van der Waals surface area contributed by atoms with Crippen LogP contribution in [0.2, 0.25) is 0 Å². The number of imidazole rings is 1. The Bertz CT molecular complexity index is 1290. The van der Waals surface area contributed by atoms with Gasteiger partial charge in [-0.1, -0.05) is 13.3 Å². The van der Waals surface area contributed by atoms with Gasteiger partial charge in [-0.15, -0.1) is 0 Å². The Labute approximate surface area is 201 Å². The van der Waals surface area contributed by atoms with Crippen molar-refractivity contribution in [1.82, 2.24) is 19.5 Å². The third kappa shape index (κ3) is 4.43. The number of benzene rings is 1. The van der Waals surface area contributed by atoms with Gasteiger partial charge in [-0.25, -0.2) is 23.5 Å². The number of nitrogens with zero attached hydrogens (tertiary/aromatic N) is 6. The lowest BCUT2D eigenvalue weighted by atomic mass is 9.75. The van der Waals surface area contributed by atoms with Crippen molar-refractivity contribution in [2.75, 3.05) is 11.4 Å². The topological polar surface area (TPSA) is 96.9 Å². The Kier molecular flexibility index (Phi) is 5.87. The molecule has 10 heteroatoms. The summed E-state index contributed by atoms with van der Waals surface area (Å²) < 4.78 is 37.5. The molecule has 1 aliphatic heterocycles. The van der Waals surface area contributed by atoms with Crippen molar-refractivity contribution in [1.29, 1.82) is 5.26 Å². The van der Waals surface area contributed by atoms with Gasteiger partial charge in [0.15, 0.2) is 5.82 Å². The van der Waals surface area contributed by atoms with Gasteiger partial charge in [0, 0.05) is 18.9 Å². The Morgan fingerprint density at radius 2 is 2.09 bits per heavy atom. The number of nitriles is 1. The minimum atomic E-state index is -2.92. The normalized spacial score (nSPS) is 23.5. The predicted octanol–water partition coefficient (Wildman–Crippen LogP) is 4.87. The molecule has 0 radical (unpaired) electrons. The minimum absolute atomic E-state index is 0.00358. The molecule has 1 spiro atoms. The number of aryl methyl sites for hydroxylation is 1. The number of alkyl halides is 2. The zero-order valence-electron chi connectivity index (χ0n) is 19.5. The fourth-order valence-electron chi connectivity index (χ4n) is 5.02. The first-order valence-electron chi connectivity index (χ1n) is 11.9. The molecule has 3 aromatic rings. The fourth-order valence-corrected chi connectivity index (χ4v) is 5.02. The smallest absolute Gasteiger partial charge is 0.416 e. The molecule has 1 aromatic carbocycles. The van der Waals surface area contributed by atoms with E-state index < -0.39 is 23.5 Å². The van der Waals surface area contributed by atoms with Crippen LogP contribution in [-0.2, 0) is 17.7 Å². The van der Waals surface area contributed by atoms with Crippen LogP contribution in [0.25, 0.3) is 11.0 Å². The maximum atomic E-state index is 15.0. The molecule has 0 N–H and O–H groups in total. The summed E-state index contributed by atoms with van der Waals surface area (Å²) in [6.45, 7) is 2.26. The highest BCUT2D eigenvalue weighted by molar-refractivity contribution is 5.89. The summed E-state index contributed by atoms with van der Waals surface area (Å²) in [6, 6.07) is 7.08. The Morgan fingerprint density at radius 1 is 1.23 bits per heavy atom. The molecule has 3 heterocycles. The lowest BCUT2D eigenvalue weighted by molar-refractivity contribution is -0.139. The number of unbranched alkanes of at least 4 members (excludes halogenated alkanes) is 1.